The van der Waals surface area contributed by atoms with Gasteiger partial charge >= 0.3 is 0 Å². The fourth-order valence-corrected chi connectivity index (χ4v) is 4.38. The van der Waals surface area contributed by atoms with E-state index in [0.29, 0.717) is 61.5 Å². The van der Waals surface area contributed by atoms with Crippen molar-refractivity contribution in [3.63, 3.8) is 0 Å². The molecule has 0 radical (unpaired) electrons. The molecule has 2 aliphatic rings. The van der Waals surface area contributed by atoms with Gasteiger partial charge in [-0.05, 0) is 61.2 Å². The van der Waals surface area contributed by atoms with Gasteiger partial charge in [0.25, 0.3) is 0 Å². The lowest BCUT2D eigenvalue weighted by Crippen LogP contribution is -2.52. The van der Waals surface area contributed by atoms with Gasteiger partial charge in [-0.3, -0.25) is 9.59 Å². The Hall–Kier alpha value is -2.33. The highest BCUT2D eigenvalue weighted by Gasteiger charge is 2.43. The van der Waals surface area contributed by atoms with Crippen LogP contribution < -0.4 is 4.74 Å². The normalized spacial score (nSPS) is 17.8. The number of Topliss-reactive ketones (excluding diaryl/α,β-unsaturated/α-hetero) is 1. The van der Waals surface area contributed by atoms with E-state index in [1.807, 2.05) is 55.1 Å². The van der Waals surface area contributed by atoms with Gasteiger partial charge in [-0.15, -0.1) is 0 Å². The lowest BCUT2D eigenvalue weighted by molar-refractivity contribution is -0.134. The van der Waals surface area contributed by atoms with Crippen molar-refractivity contribution in [2.24, 2.45) is 0 Å². The number of rotatable bonds is 3. The molecule has 2 aromatic carbocycles. The first-order valence-corrected chi connectivity index (χ1v) is 10.6. The second-order valence-corrected chi connectivity index (χ2v) is 8.76. The Morgan fingerprint density at radius 3 is 2.45 bits per heavy atom. The molecule has 0 unspecified atom stereocenters. The standard InChI is InChI=1S/C24H26ClNO3/c1-16-13-20-21(27)15-24(29-22(20)14-17(16)2)9-11-26(12-10-24)23(28)8-5-18-3-6-19(25)7-4-18/h3-4,6-7,13-14H,5,8-12,15H2,1-2H3. The van der Waals surface area contributed by atoms with Gasteiger partial charge in [-0.1, -0.05) is 23.7 Å². The van der Waals surface area contributed by atoms with Crippen LogP contribution in [0.25, 0.3) is 0 Å². The second-order valence-electron chi connectivity index (χ2n) is 8.32. The predicted molar refractivity (Wildman–Crippen MR) is 114 cm³/mol. The van der Waals surface area contributed by atoms with Gasteiger partial charge in [0.2, 0.25) is 5.91 Å². The Labute approximate surface area is 176 Å². The van der Waals surface area contributed by atoms with Crippen LogP contribution in [-0.4, -0.2) is 35.3 Å². The minimum atomic E-state index is -0.473. The van der Waals surface area contributed by atoms with Crippen molar-refractivity contribution >= 4 is 23.3 Å². The highest BCUT2D eigenvalue weighted by molar-refractivity contribution is 6.30. The van der Waals surface area contributed by atoms with Crippen molar-refractivity contribution in [3.05, 3.63) is 63.7 Å². The van der Waals surface area contributed by atoms with Crippen molar-refractivity contribution in [1.82, 2.24) is 4.90 Å². The summed E-state index contributed by atoms with van der Waals surface area (Å²) in [6, 6.07) is 11.5. The maximum absolute atomic E-state index is 12.8. The summed E-state index contributed by atoms with van der Waals surface area (Å²) in [6.45, 7) is 5.31. The number of benzene rings is 2. The molecule has 152 valence electrons. The number of fused-ring (bicyclic) bond motifs is 1. The first-order chi connectivity index (χ1) is 13.8. The Kier molecular flexibility index (Phi) is 5.39. The Bertz CT molecular complexity index is 943. The molecule has 1 saturated heterocycles. The van der Waals surface area contributed by atoms with E-state index in [9.17, 15) is 9.59 Å². The smallest absolute Gasteiger partial charge is 0.222 e. The number of carbonyl (C=O) groups excluding carboxylic acids is 2. The number of ketones is 1. The molecule has 0 aliphatic carbocycles. The monoisotopic (exact) mass is 411 g/mol. The molecule has 0 saturated carbocycles. The Morgan fingerprint density at radius 1 is 1.10 bits per heavy atom. The number of aryl methyl sites for hydroxylation is 3. The van der Waals surface area contributed by atoms with Crippen molar-refractivity contribution < 1.29 is 14.3 Å². The molecule has 4 nitrogen and oxygen atoms in total. The molecule has 1 fully saturated rings. The highest BCUT2D eigenvalue weighted by Crippen LogP contribution is 2.40. The predicted octanol–water partition coefficient (Wildman–Crippen LogP) is 4.92. The van der Waals surface area contributed by atoms with Gasteiger partial charge in [-0.2, -0.15) is 0 Å². The largest absolute Gasteiger partial charge is 0.486 e. The quantitative estimate of drug-likeness (QED) is 0.720. The van der Waals surface area contributed by atoms with E-state index in [1.165, 1.54) is 0 Å². The number of hydrogen-bond acceptors (Lipinski definition) is 3. The third-order valence-electron chi connectivity index (χ3n) is 6.27. The average Bonchev–Trinajstić information content (AvgIpc) is 2.69. The summed E-state index contributed by atoms with van der Waals surface area (Å²) >= 11 is 5.91. The van der Waals surface area contributed by atoms with Gasteiger partial charge in [0.15, 0.2) is 5.78 Å². The van der Waals surface area contributed by atoms with E-state index in [1.54, 1.807) is 0 Å². The van der Waals surface area contributed by atoms with Crippen LogP contribution in [0.2, 0.25) is 5.02 Å². The third-order valence-corrected chi connectivity index (χ3v) is 6.53. The van der Waals surface area contributed by atoms with E-state index in [2.05, 4.69) is 0 Å². The molecule has 1 spiro atoms. The SMILES string of the molecule is Cc1cc2c(cc1C)C(=O)CC1(CCN(C(=O)CCc3ccc(Cl)cc3)CC1)O2. The fraction of sp³-hybridized carbons (Fsp3) is 0.417. The third kappa shape index (κ3) is 4.18. The number of hydrogen-bond donors (Lipinski definition) is 0. The molecule has 1 amide bonds. The number of amides is 1. The fourth-order valence-electron chi connectivity index (χ4n) is 4.25. The van der Waals surface area contributed by atoms with Crippen molar-refractivity contribution in [2.75, 3.05) is 13.1 Å². The van der Waals surface area contributed by atoms with Crippen LogP contribution in [0.3, 0.4) is 0 Å². The number of ether oxygens (including phenoxy) is 1. The first kappa shape index (κ1) is 20.0. The zero-order valence-corrected chi connectivity index (χ0v) is 17.7. The molecule has 0 atom stereocenters. The van der Waals surface area contributed by atoms with Crippen LogP contribution in [0, 0.1) is 13.8 Å². The molecule has 0 N–H and O–H groups in total. The maximum Gasteiger partial charge on any atom is 0.222 e. The summed E-state index contributed by atoms with van der Waals surface area (Å²) in [6.07, 6.45) is 2.97. The van der Waals surface area contributed by atoms with Gasteiger partial charge in [0.05, 0.1) is 12.0 Å². The molecular formula is C24H26ClNO3. The molecule has 4 rings (SSSR count). The van der Waals surface area contributed by atoms with Crippen LogP contribution >= 0.6 is 11.6 Å². The molecule has 0 bridgehead atoms. The summed E-state index contributed by atoms with van der Waals surface area (Å²) in [4.78, 5) is 27.3. The summed E-state index contributed by atoms with van der Waals surface area (Å²) in [5, 5.41) is 0.704. The average molecular weight is 412 g/mol. The molecule has 2 aliphatic heterocycles. The lowest BCUT2D eigenvalue weighted by atomic mass is 9.82. The Balaban J connectivity index is 1.37. The first-order valence-electron chi connectivity index (χ1n) is 10.2. The molecule has 5 heteroatoms. The number of likely N-dealkylation sites (tertiary alicyclic amines) is 1. The van der Waals surface area contributed by atoms with E-state index in [-0.39, 0.29) is 11.7 Å². The molecule has 2 aromatic rings. The van der Waals surface area contributed by atoms with E-state index in [0.717, 1.165) is 16.7 Å². The minimum absolute atomic E-state index is 0.150. The van der Waals surface area contributed by atoms with Gasteiger partial charge in [-0.25, -0.2) is 0 Å². The van der Waals surface area contributed by atoms with Gasteiger partial charge in [0, 0.05) is 37.4 Å². The topological polar surface area (TPSA) is 46.6 Å². The van der Waals surface area contributed by atoms with Gasteiger partial charge in [0.1, 0.15) is 11.4 Å². The summed E-state index contributed by atoms with van der Waals surface area (Å²) in [5.74, 6) is 1.01. The van der Waals surface area contributed by atoms with Crippen LogP contribution in [-0.2, 0) is 11.2 Å². The summed E-state index contributed by atoms with van der Waals surface area (Å²) in [7, 11) is 0. The highest BCUT2D eigenvalue weighted by atomic mass is 35.5. The minimum Gasteiger partial charge on any atom is -0.486 e. The molecule has 29 heavy (non-hydrogen) atoms. The second kappa shape index (κ2) is 7.83. The molecule has 2 heterocycles. The number of halogens is 1. The zero-order valence-electron chi connectivity index (χ0n) is 17.0. The number of piperidine rings is 1. The van der Waals surface area contributed by atoms with Crippen molar-refractivity contribution in [1.29, 1.82) is 0 Å². The number of carbonyl (C=O) groups is 2. The zero-order chi connectivity index (χ0) is 20.6. The molecule has 0 aromatic heterocycles. The van der Waals surface area contributed by atoms with Crippen LogP contribution in [0.15, 0.2) is 36.4 Å². The van der Waals surface area contributed by atoms with E-state index >= 15 is 0 Å². The van der Waals surface area contributed by atoms with Crippen LogP contribution in [0.1, 0.15) is 52.7 Å². The summed E-state index contributed by atoms with van der Waals surface area (Å²) < 4.78 is 6.36. The van der Waals surface area contributed by atoms with Crippen molar-refractivity contribution in [3.8, 4) is 5.75 Å². The van der Waals surface area contributed by atoms with E-state index in [4.69, 9.17) is 16.3 Å². The molecular weight excluding hydrogens is 386 g/mol. The Morgan fingerprint density at radius 2 is 1.76 bits per heavy atom. The summed E-state index contributed by atoms with van der Waals surface area (Å²) in [5.41, 5.74) is 3.57. The van der Waals surface area contributed by atoms with Crippen molar-refractivity contribution in [2.45, 2.75) is 51.6 Å². The maximum atomic E-state index is 12.8. The lowest BCUT2D eigenvalue weighted by Gasteiger charge is -2.44. The number of nitrogens with zero attached hydrogens (tertiary/aromatic N) is 1. The van der Waals surface area contributed by atoms with Crippen LogP contribution in [0.5, 0.6) is 5.75 Å². The van der Waals surface area contributed by atoms with Crippen LogP contribution in [0.4, 0.5) is 0 Å². The van der Waals surface area contributed by atoms with Gasteiger partial charge < -0.3 is 9.64 Å². The van der Waals surface area contributed by atoms with E-state index < -0.39 is 5.60 Å².